The Hall–Kier alpha value is -2.81. The molecule has 1 aliphatic heterocycles. The van der Waals surface area contributed by atoms with Crippen molar-refractivity contribution in [3.05, 3.63) is 78.4 Å². The zero-order valence-electron chi connectivity index (χ0n) is 16.4. The van der Waals surface area contributed by atoms with Gasteiger partial charge in [-0.25, -0.2) is 0 Å². The molecule has 1 saturated heterocycles. The number of ether oxygens (including phenoxy) is 1. The van der Waals surface area contributed by atoms with Crippen molar-refractivity contribution in [2.75, 3.05) is 13.1 Å². The van der Waals surface area contributed by atoms with E-state index in [1.807, 2.05) is 42.2 Å². The summed E-state index contributed by atoms with van der Waals surface area (Å²) in [6, 6.07) is 24.7. The second kappa shape index (κ2) is 8.47. The van der Waals surface area contributed by atoms with Gasteiger partial charge in [0.05, 0.1) is 0 Å². The summed E-state index contributed by atoms with van der Waals surface area (Å²) in [5.41, 5.74) is 1.39. The van der Waals surface area contributed by atoms with Gasteiger partial charge in [-0.05, 0) is 49.1 Å². The van der Waals surface area contributed by atoms with Gasteiger partial charge in [0, 0.05) is 18.5 Å². The molecule has 0 radical (unpaired) electrons. The molecule has 4 rings (SSSR count). The Balaban J connectivity index is 1.34. The fourth-order valence-electron chi connectivity index (χ4n) is 4.10. The highest BCUT2D eigenvalue weighted by Crippen LogP contribution is 2.27. The molecule has 0 bridgehead atoms. The van der Waals surface area contributed by atoms with Crippen LogP contribution >= 0.6 is 0 Å². The van der Waals surface area contributed by atoms with E-state index in [4.69, 9.17) is 4.74 Å². The lowest BCUT2D eigenvalue weighted by Gasteiger charge is -2.33. The van der Waals surface area contributed by atoms with E-state index in [0.29, 0.717) is 5.92 Å². The summed E-state index contributed by atoms with van der Waals surface area (Å²) in [5, 5.41) is 2.17. The molecule has 3 nitrogen and oxygen atoms in total. The summed E-state index contributed by atoms with van der Waals surface area (Å²) in [7, 11) is 0. The molecular weight excluding hydrogens is 346 g/mol. The average Bonchev–Trinajstić information content (AvgIpc) is 2.75. The number of amides is 1. The molecule has 144 valence electrons. The van der Waals surface area contributed by atoms with E-state index in [1.165, 1.54) is 5.56 Å². The molecule has 1 heterocycles. The van der Waals surface area contributed by atoms with Crippen LogP contribution < -0.4 is 4.74 Å². The van der Waals surface area contributed by atoms with Gasteiger partial charge in [0.2, 0.25) is 0 Å². The van der Waals surface area contributed by atoms with E-state index < -0.39 is 6.10 Å². The number of benzene rings is 3. The number of rotatable bonds is 5. The molecule has 0 N–H and O–H groups in total. The molecular formula is C25H27NO2. The van der Waals surface area contributed by atoms with E-state index >= 15 is 0 Å². The average molecular weight is 373 g/mol. The normalized spacial score (nSPS) is 16.1. The first-order valence-electron chi connectivity index (χ1n) is 10.2. The lowest BCUT2D eigenvalue weighted by molar-refractivity contribution is -0.139. The summed E-state index contributed by atoms with van der Waals surface area (Å²) in [6.07, 6.45) is 2.74. The third-order valence-electron chi connectivity index (χ3n) is 5.69. The Bertz CT molecular complexity index is 924. The first-order chi connectivity index (χ1) is 13.7. The van der Waals surface area contributed by atoms with Gasteiger partial charge in [-0.2, -0.15) is 0 Å². The zero-order chi connectivity index (χ0) is 19.3. The molecule has 0 aliphatic carbocycles. The Morgan fingerprint density at radius 1 is 0.964 bits per heavy atom. The first kappa shape index (κ1) is 18.5. The van der Waals surface area contributed by atoms with Crippen LogP contribution in [0.1, 0.15) is 25.3 Å². The minimum Gasteiger partial charge on any atom is -0.480 e. The van der Waals surface area contributed by atoms with Crippen LogP contribution in [0, 0.1) is 5.92 Å². The SMILES string of the molecule is CC(Oc1cccc2ccccc12)C(=O)N1CCC(Cc2ccccc2)CC1. The van der Waals surface area contributed by atoms with Crippen molar-refractivity contribution >= 4 is 16.7 Å². The number of carbonyl (C=O) groups is 1. The smallest absolute Gasteiger partial charge is 0.263 e. The second-order valence-corrected chi connectivity index (χ2v) is 7.70. The standard InChI is InChI=1S/C25H27NO2/c1-19(28-24-13-7-11-22-10-5-6-12-23(22)24)25(27)26-16-14-21(15-17-26)18-20-8-3-2-4-9-20/h2-13,19,21H,14-18H2,1H3. The van der Waals surface area contributed by atoms with Crippen molar-refractivity contribution in [2.45, 2.75) is 32.3 Å². The van der Waals surface area contributed by atoms with Gasteiger partial charge in [-0.3, -0.25) is 4.79 Å². The van der Waals surface area contributed by atoms with Crippen LogP contribution in [0.5, 0.6) is 5.75 Å². The molecule has 1 amide bonds. The van der Waals surface area contributed by atoms with Gasteiger partial charge < -0.3 is 9.64 Å². The fraction of sp³-hybridized carbons (Fsp3) is 0.320. The van der Waals surface area contributed by atoms with Crippen LogP contribution in [0.15, 0.2) is 72.8 Å². The molecule has 1 unspecified atom stereocenters. The number of nitrogens with zero attached hydrogens (tertiary/aromatic N) is 1. The molecule has 3 aromatic rings. The maximum atomic E-state index is 12.9. The topological polar surface area (TPSA) is 29.5 Å². The van der Waals surface area contributed by atoms with E-state index in [0.717, 1.165) is 48.9 Å². The quantitative estimate of drug-likeness (QED) is 0.623. The maximum Gasteiger partial charge on any atom is 0.263 e. The molecule has 28 heavy (non-hydrogen) atoms. The molecule has 0 spiro atoms. The van der Waals surface area contributed by atoms with Gasteiger partial charge >= 0.3 is 0 Å². The van der Waals surface area contributed by atoms with Crippen LogP contribution in [0.25, 0.3) is 10.8 Å². The highest BCUT2D eigenvalue weighted by Gasteiger charge is 2.27. The maximum absolute atomic E-state index is 12.9. The molecule has 0 aromatic heterocycles. The zero-order valence-corrected chi connectivity index (χ0v) is 16.4. The summed E-state index contributed by atoms with van der Waals surface area (Å²) in [6.45, 7) is 3.50. The van der Waals surface area contributed by atoms with Crippen LogP contribution in [0.2, 0.25) is 0 Å². The predicted molar refractivity (Wildman–Crippen MR) is 113 cm³/mol. The summed E-state index contributed by atoms with van der Waals surface area (Å²) in [5.74, 6) is 1.52. The van der Waals surface area contributed by atoms with E-state index in [-0.39, 0.29) is 5.91 Å². The Morgan fingerprint density at radius 2 is 1.64 bits per heavy atom. The number of carbonyl (C=O) groups excluding carboxylic acids is 1. The van der Waals surface area contributed by atoms with Gasteiger partial charge in [-0.15, -0.1) is 0 Å². The third-order valence-corrected chi connectivity index (χ3v) is 5.69. The highest BCUT2D eigenvalue weighted by atomic mass is 16.5. The summed E-state index contributed by atoms with van der Waals surface area (Å²) in [4.78, 5) is 14.9. The number of piperidine rings is 1. The monoisotopic (exact) mass is 373 g/mol. The van der Waals surface area contributed by atoms with Crippen molar-refractivity contribution in [3.63, 3.8) is 0 Å². The third kappa shape index (κ3) is 4.19. The van der Waals surface area contributed by atoms with E-state index in [9.17, 15) is 4.79 Å². The number of hydrogen-bond acceptors (Lipinski definition) is 2. The lowest BCUT2D eigenvalue weighted by Crippen LogP contribution is -2.45. The second-order valence-electron chi connectivity index (χ2n) is 7.70. The van der Waals surface area contributed by atoms with Gasteiger partial charge in [-0.1, -0.05) is 66.7 Å². The van der Waals surface area contributed by atoms with Crippen molar-refractivity contribution in [1.82, 2.24) is 4.90 Å². The molecule has 0 saturated carbocycles. The van der Waals surface area contributed by atoms with E-state index in [2.05, 4.69) is 42.5 Å². The van der Waals surface area contributed by atoms with Gasteiger partial charge in [0.25, 0.3) is 5.91 Å². The molecule has 1 atom stereocenters. The van der Waals surface area contributed by atoms with Gasteiger partial charge in [0.1, 0.15) is 5.75 Å². The summed E-state index contributed by atoms with van der Waals surface area (Å²) >= 11 is 0. The number of fused-ring (bicyclic) bond motifs is 1. The largest absolute Gasteiger partial charge is 0.480 e. The molecule has 1 fully saturated rings. The summed E-state index contributed by atoms with van der Waals surface area (Å²) < 4.78 is 6.07. The van der Waals surface area contributed by atoms with Crippen molar-refractivity contribution in [2.24, 2.45) is 5.92 Å². The molecule has 3 aromatic carbocycles. The van der Waals surface area contributed by atoms with Crippen LogP contribution in [-0.2, 0) is 11.2 Å². The lowest BCUT2D eigenvalue weighted by atomic mass is 9.90. The van der Waals surface area contributed by atoms with Crippen LogP contribution in [0.4, 0.5) is 0 Å². The van der Waals surface area contributed by atoms with Crippen molar-refractivity contribution in [3.8, 4) is 5.75 Å². The Morgan fingerprint density at radius 3 is 2.43 bits per heavy atom. The molecule has 1 aliphatic rings. The minimum absolute atomic E-state index is 0.0890. The van der Waals surface area contributed by atoms with E-state index in [1.54, 1.807) is 0 Å². The Labute approximate surface area is 166 Å². The minimum atomic E-state index is -0.475. The highest BCUT2D eigenvalue weighted by molar-refractivity contribution is 5.89. The predicted octanol–water partition coefficient (Wildman–Crippen LogP) is 5.09. The van der Waals surface area contributed by atoms with Crippen LogP contribution in [0.3, 0.4) is 0 Å². The van der Waals surface area contributed by atoms with Crippen molar-refractivity contribution in [1.29, 1.82) is 0 Å². The first-order valence-corrected chi connectivity index (χ1v) is 10.2. The number of hydrogen-bond donors (Lipinski definition) is 0. The molecule has 3 heteroatoms. The number of likely N-dealkylation sites (tertiary alicyclic amines) is 1. The van der Waals surface area contributed by atoms with Gasteiger partial charge in [0.15, 0.2) is 6.10 Å². The fourth-order valence-corrected chi connectivity index (χ4v) is 4.10. The Kier molecular flexibility index (Phi) is 5.61. The van der Waals surface area contributed by atoms with Crippen LogP contribution in [-0.4, -0.2) is 30.0 Å². The van der Waals surface area contributed by atoms with Crippen molar-refractivity contribution < 1.29 is 9.53 Å².